The molecule has 0 saturated carbocycles. The SMILES string of the molecule is CC(C)(C)S(=O)(=O)Nc1cc(C(=O)O)[nH]n1. The fourth-order valence-electron chi connectivity index (χ4n) is 0.774. The van der Waals surface area contributed by atoms with Gasteiger partial charge in [-0.25, -0.2) is 13.2 Å². The molecule has 0 fully saturated rings. The molecular formula is C8H13N3O4S. The molecule has 0 amide bonds. The highest BCUT2D eigenvalue weighted by molar-refractivity contribution is 7.94. The zero-order chi connectivity index (χ0) is 12.6. The van der Waals surface area contributed by atoms with E-state index in [-0.39, 0.29) is 11.5 Å². The van der Waals surface area contributed by atoms with Crippen LogP contribution in [-0.2, 0) is 10.0 Å². The number of aromatic carboxylic acids is 1. The molecule has 1 rings (SSSR count). The molecule has 0 bridgehead atoms. The van der Waals surface area contributed by atoms with Crippen LogP contribution in [0.1, 0.15) is 31.3 Å². The van der Waals surface area contributed by atoms with Crippen LogP contribution in [0.4, 0.5) is 5.82 Å². The van der Waals surface area contributed by atoms with E-state index in [0.717, 1.165) is 6.07 Å². The summed E-state index contributed by atoms with van der Waals surface area (Å²) < 4.78 is 24.6. The monoisotopic (exact) mass is 247 g/mol. The van der Waals surface area contributed by atoms with Crippen molar-refractivity contribution in [2.24, 2.45) is 0 Å². The first kappa shape index (κ1) is 12.5. The van der Waals surface area contributed by atoms with Crippen molar-refractivity contribution in [3.05, 3.63) is 11.8 Å². The number of aromatic nitrogens is 2. The molecule has 0 aliphatic heterocycles. The number of rotatable bonds is 3. The normalized spacial score (nSPS) is 12.4. The molecule has 0 atom stereocenters. The van der Waals surface area contributed by atoms with Crippen molar-refractivity contribution in [3.8, 4) is 0 Å². The van der Waals surface area contributed by atoms with E-state index < -0.39 is 20.7 Å². The molecule has 0 aliphatic rings. The largest absolute Gasteiger partial charge is 0.477 e. The second kappa shape index (κ2) is 3.78. The van der Waals surface area contributed by atoms with Gasteiger partial charge in [-0.2, -0.15) is 5.10 Å². The number of carboxylic acids is 1. The summed E-state index contributed by atoms with van der Waals surface area (Å²) in [6.45, 7) is 4.58. The van der Waals surface area contributed by atoms with E-state index in [1.165, 1.54) is 20.8 Å². The summed E-state index contributed by atoms with van der Waals surface area (Å²) in [4.78, 5) is 10.5. The van der Waals surface area contributed by atoms with E-state index in [4.69, 9.17) is 5.11 Å². The third kappa shape index (κ3) is 2.51. The summed E-state index contributed by atoms with van der Waals surface area (Å²) in [5.74, 6) is -1.24. The predicted octanol–water partition coefficient (Wildman–Crippen LogP) is 0.648. The van der Waals surface area contributed by atoms with Crippen molar-refractivity contribution in [1.82, 2.24) is 10.2 Å². The summed E-state index contributed by atoms with van der Waals surface area (Å²) in [5.41, 5.74) is -0.174. The van der Waals surface area contributed by atoms with Crippen LogP contribution in [0.5, 0.6) is 0 Å². The first-order chi connectivity index (χ1) is 7.13. The maximum atomic E-state index is 11.7. The Labute approximate surface area is 92.9 Å². The zero-order valence-corrected chi connectivity index (χ0v) is 9.92. The molecule has 16 heavy (non-hydrogen) atoms. The van der Waals surface area contributed by atoms with Gasteiger partial charge in [0.15, 0.2) is 5.82 Å². The maximum Gasteiger partial charge on any atom is 0.353 e. The Morgan fingerprint density at radius 3 is 2.44 bits per heavy atom. The van der Waals surface area contributed by atoms with Crippen molar-refractivity contribution in [1.29, 1.82) is 0 Å². The van der Waals surface area contributed by atoms with Crippen LogP contribution in [0.2, 0.25) is 0 Å². The highest BCUT2D eigenvalue weighted by Crippen LogP contribution is 2.18. The first-order valence-electron chi connectivity index (χ1n) is 4.44. The molecule has 1 heterocycles. The molecule has 8 heteroatoms. The topological polar surface area (TPSA) is 112 Å². The Kier molecular flexibility index (Phi) is 2.95. The second-order valence-electron chi connectivity index (χ2n) is 4.19. The number of hydrogen-bond donors (Lipinski definition) is 3. The number of carboxylic acid groups (broad SMARTS) is 1. The summed E-state index contributed by atoms with van der Waals surface area (Å²) in [7, 11) is -3.59. The molecular weight excluding hydrogens is 234 g/mol. The molecule has 0 unspecified atom stereocenters. The van der Waals surface area contributed by atoms with E-state index in [1.807, 2.05) is 0 Å². The molecule has 3 N–H and O–H groups in total. The maximum absolute atomic E-state index is 11.7. The van der Waals surface area contributed by atoms with E-state index >= 15 is 0 Å². The highest BCUT2D eigenvalue weighted by Gasteiger charge is 2.29. The van der Waals surface area contributed by atoms with Gasteiger partial charge in [0.2, 0.25) is 10.0 Å². The molecule has 0 spiro atoms. The molecule has 1 aromatic rings. The van der Waals surface area contributed by atoms with Gasteiger partial charge in [-0.3, -0.25) is 9.82 Å². The molecule has 0 aromatic carbocycles. The van der Waals surface area contributed by atoms with Crippen molar-refractivity contribution >= 4 is 21.8 Å². The Bertz CT molecular complexity index is 498. The third-order valence-electron chi connectivity index (χ3n) is 1.85. The average molecular weight is 247 g/mol. The lowest BCUT2D eigenvalue weighted by Crippen LogP contribution is -2.33. The Balaban J connectivity index is 2.94. The Morgan fingerprint density at radius 1 is 1.50 bits per heavy atom. The van der Waals surface area contributed by atoms with E-state index in [2.05, 4.69) is 14.9 Å². The highest BCUT2D eigenvalue weighted by atomic mass is 32.2. The number of aromatic amines is 1. The summed E-state index contributed by atoms with van der Waals surface area (Å²) in [6.07, 6.45) is 0. The van der Waals surface area contributed by atoms with Crippen molar-refractivity contribution < 1.29 is 18.3 Å². The van der Waals surface area contributed by atoms with Gasteiger partial charge in [-0.15, -0.1) is 0 Å². The number of carbonyl (C=O) groups is 1. The van der Waals surface area contributed by atoms with Crippen molar-refractivity contribution in [2.75, 3.05) is 4.72 Å². The van der Waals surface area contributed by atoms with Gasteiger partial charge in [-0.05, 0) is 20.8 Å². The van der Waals surface area contributed by atoms with Gasteiger partial charge in [0.25, 0.3) is 0 Å². The average Bonchev–Trinajstić information content (AvgIpc) is 2.49. The van der Waals surface area contributed by atoms with Crippen molar-refractivity contribution in [3.63, 3.8) is 0 Å². The van der Waals surface area contributed by atoms with Crippen LogP contribution in [0.15, 0.2) is 6.07 Å². The number of nitrogens with zero attached hydrogens (tertiary/aromatic N) is 1. The lowest BCUT2D eigenvalue weighted by molar-refractivity contribution is 0.0690. The van der Waals surface area contributed by atoms with Gasteiger partial charge in [0, 0.05) is 6.07 Å². The van der Waals surface area contributed by atoms with Gasteiger partial charge in [0.05, 0.1) is 4.75 Å². The van der Waals surface area contributed by atoms with Gasteiger partial charge in [0.1, 0.15) is 5.69 Å². The predicted molar refractivity (Wildman–Crippen MR) is 57.8 cm³/mol. The first-order valence-corrected chi connectivity index (χ1v) is 5.93. The number of nitrogens with one attached hydrogen (secondary N) is 2. The van der Waals surface area contributed by atoms with Crippen LogP contribution < -0.4 is 4.72 Å². The van der Waals surface area contributed by atoms with Crippen molar-refractivity contribution in [2.45, 2.75) is 25.5 Å². The summed E-state index contributed by atoms with van der Waals surface area (Å²) in [6, 6.07) is 1.12. The lowest BCUT2D eigenvalue weighted by atomic mass is 10.3. The standard InChI is InChI=1S/C8H13N3O4S/c1-8(2,3)16(14,15)11-6-4-5(7(12)13)9-10-6/h4H,1-3H3,(H,12,13)(H2,9,10,11). The van der Waals surface area contributed by atoms with Gasteiger partial charge < -0.3 is 5.11 Å². The summed E-state index contributed by atoms with van der Waals surface area (Å²) >= 11 is 0. The molecule has 90 valence electrons. The van der Waals surface area contributed by atoms with Crippen LogP contribution in [-0.4, -0.2) is 34.4 Å². The number of sulfonamides is 1. The van der Waals surface area contributed by atoms with Crippen LogP contribution in [0.25, 0.3) is 0 Å². The zero-order valence-electron chi connectivity index (χ0n) is 9.10. The van der Waals surface area contributed by atoms with Crippen LogP contribution in [0, 0.1) is 0 Å². The molecule has 0 saturated heterocycles. The van der Waals surface area contributed by atoms with Gasteiger partial charge in [-0.1, -0.05) is 0 Å². The smallest absolute Gasteiger partial charge is 0.353 e. The Morgan fingerprint density at radius 2 is 2.06 bits per heavy atom. The fraction of sp³-hybridized carbons (Fsp3) is 0.500. The number of anilines is 1. The minimum Gasteiger partial charge on any atom is -0.477 e. The minimum atomic E-state index is -3.59. The third-order valence-corrected chi connectivity index (χ3v) is 3.94. The number of hydrogen-bond acceptors (Lipinski definition) is 4. The van der Waals surface area contributed by atoms with E-state index in [1.54, 1.807) is 0 Å². The molecule has 7 nitrogen and oxygen atoms in total. The molecule has 0 radical (unpaired) electrons. The lowest BCUT2D eigenvalue weighted by Gasteiger charge is -2.18. The quantitative estimate of drug-likeness (QED) is 0.725. The second-order valence-corrected chi connectivity index (χ2v) is 6.63. The van der Waals surface area contributed by atoms with Crippen LogP contribution >= 0.6 is 0 Å². The number of H-pyrrole nitrogens is 1. The van der Waals surface area contributed by atoms with E-state index in [0.29, 0.717) is 0 Å². The van der Waals surface area contributed by atoms with Gasteiger partial charge >= 0.3 is 5.97 Å². The summed E-state index contributed by atoms with van der Waals surface area (Å²) in [5, 5.41) is 14.4. The molecule has 1 aromatic heterocycles. The fourth-order valence-corrected chi connectivity index (χ4v) is 1.46. The minimum absolute atomic E-state index is 0.0349. The van der Waals surface area contributed by atoms with Crippen LogP contribution in [0.3, 0.4) is 0 Å². The van der Waals surface area contributed by atoms with E-state index in [9.17, 15) is 13.2 Å². The Hall–Kier alpha value is -1.57. The molecule has 0 aliphatic carbocycles.